The van der Waals surface area contributed by atoms with E-state index in [0.717, 1.165) is 89.7 Å². The number of aryl methyl sites for hydroxylation is 1. The molecule has 17 heteroatoms. The summed E-state index contributed by atoms with van der Waals surface area (Å²) in [6.45, 7) is 8.03. The lowest BCUT2D eigenvalue weighted by atomic mass is 10.0. The topological polar surface area (TPSA) is 162 Å². The predicted molar refractivity (Wildman–Crippen MR) is 292 cm³/mol. The number of hydrogen-bond donors (Lipinski definition) is 3. The van der Waals surface area contributed by atoms with Gasteiger partial charge in [-0.1, -0.05) is 30.3 Å². The van der Waals surface area contributed by atoms with Crippen molar-refractivity contribution in [3.8, 4) is 33.1 Å². The quantitative estimate of drug-likeness (QED) is 0.0278. The third-order valence-electron chi connectivity index (χ3n) is 12.5. The molecule has 2 aromatic heterocycles. The molecule has 0 atom stereocenters. The van der Waals surface area contributed by atoms with Crippen molar-refractivity contribution in [3.63, 3.8) is 0 Å². The highest BCUT2D eigenvalue weighted by Crippen LogP contribution is 2.33. The van der Waals surface area contributed by atoms with Gasteiger partial charge in [-0.05, 0) is 90.7 Å². The molecule has 0 saturated carbocycles. The monoisotopic (exact) mass is 1020 g/mol. The van der Waals surface area contributed by atoms with Gasteiger partial charge in [-0.2, -0.15) is 5.10 Å². The Bertz CT molecular complexity index is 3120. The van der Waals surface area contributed by atoms with E-state index in [2.05, 4.69) is 110 Å². The van der Waals surface area contributed by atoms with Crippen LogP contribution in [0.5, 0.6) is 5.75 Å². The number of carbonyl (C=O) groups is 2. The molecule has 6 aromatic rings. The number of hydrogen-bond acceptors (Lipinski definition) is 12. The number of benzene rings is 5. The molecule has 0 fully saturated rings. The zero-order valence-corrected chi connectivity index (χ0v) is 43.8. The van der Waals surface area contributed by atoms with E-state index < -0.39 is 0 Å². The maximum absolute atomic E-state index is 12.8. The Morgan fingerprint density at radius 1 is 0.770 bits per heavy atom. The number of rotatable bonds is 27. The minimum absolute atomic E-state index is 0.0105. The number of anilines is 1. The molecule has 16 nitrogen and oxygen atoms in total. The van der Waals surface area contributed by atoms with Gasteiger partial charge in [-0.15, -0.1) is 11.3 Å². The fraction of sp³-hybridized carbons (Fsp3) is 0.333. The second kappa shape index (κ2) is 26.6. The first-order valence-electron chi connectivity index (χ1n) is 25.0. The van der Waals surface area contributed by atoms with E-state index in [9.17, 15) is 9.59 Å². The molecular weight excluding hydrogens is 953 g/mol. The Hall–Kier alpha value is -7.28. The second-order valence-electron chi connectivity index (χ2n) is 18.2. The molecule has 0 radical (unpaired) electrons. The van der Waals surface area contributed by atoms with Gasteiger partial charge in [0.15, 0.2) is 0 Å². The van der Waals surface area contributed by atoms with Crippen LogP contribution in [0.25, 0.3) is 37.6 Å². The lowest BCUT2D eigenvalue weighted by molar-refractivity contribution is -0.121. The fourth-order valence-electron chi connectivity index (χ4n) is 8.40. The summed E-state index contributed by atoms with van der Waals surface area (Å²) in [7, 11) is 7.81. The van der Waals surface area contributed by atoms with Crippen LogP contribution in [-0.2, 0) is 38.6 Å². The van der Waals surface area contributed by atoms with Gasteiger partial charge in [0, 0.05) is 99.3 Å². The maximum atomic E-state index is 12.8. The number of amides is 2. The Morgan fingerprint density at radius 2 is 1.49 bits per heavy atom. The summed E-state index contributed by atoms with van der Waals surface area (Å²) in [6.07, 6.45) is 8.83. The van der Waals surface area contributed by atoms with E-state index in [1.54, 1.807) is 24.6 Å². The number of methoxy groups -OCH3 is 1. The van der Waals surface area contributed by atoms with Crippen molar-refractivity contribution in [1.82, 2.24) is 44.8 Å². The summed E-state index contributed by atoms with van der Waals surface area (Å²) in [6, 6.07) is 34.8. The van der Waals surface area contributed by atoms with Crippen molar-refractivity contribution in [2.75, 3.05) is 92.4 Å². The van der Waals surface area contributed by atoms with Crippen LogP contribution < -0.4 is 35.5 Å². The van der Waals surface area contributed by atoms with E-state index in [0.29, 0.717) is 84.3 Å². The normalized spacial score (nSPS) is 11.3. The largest absolute Gasteiger partial charge is 0.497 e. The highest BCUT2D eigenvalue weighted by molar-refractivity contribution is 7.21. The molecule has 0 spiro atoms. The highest BCUT2D eigenvalue weighted by Gasteiger charge is 2.16. The minimum atomic E-state index is -0.151. The molecular formula is C57H67N10O6S+. The third kappa shape index (κ3) is 14.9. The first-order valence-corrected chi connectivity index (χ1v) is 25.8. The van der Waals surface area contributed by atoms with E-state index in [1.807, 2.05) is 79.2 Å². The molecule has 3 heterocycles. The minimum Gasteiger partial charge on any atom is -0.497 e. The maximum Gasteiger partial charge on any atom is 0.251 e. The van der Waals surface area contributed by atoms with E-state index in [1.165, 1.54) is 0 Å². The van der Waals surface area contributed by atoms with E-state index >= 15 is 0 Å². The first-order chi connectivity index (χ1) is 36.1. The summed E-state index contributed by atoms with van der Waals surface area (Å²) in [5, 5.41) is 15.4. The third-order valence-corrected chi connectivity index (χ3v) is 13.6. The molecule has 8 rings (SSSR count). The van der Waals surface area contributed by atoms with Crippen LogP contribution >= 0.6 is 11.3 Å². The van der Waals surface area contributed by atoms with Crippen molar-refractivity contribution in [2.24, 2.45) is 0 Å². The van der Waals surface area contributed by atoms with Crippen LogP contribution in [0.15, 0.2) is 128 Å². The Labute approximate surface area is 437 Å². The van der Waals surface area contributed by atoms with Gasteiger partial charge < -0.3 is 44.4 Å². The van der Waals surface area contributed by atoms with Crippen molar-refractivity contribution in [1.29, 1.82) is 0 Å². The molecule has 0 bridgehead atoms. The molecule has 1 aliphatic carbocycles. The number of fused-ring (bicyclic) bond motifs is 2. The van der Waals surface area contributed by atoms with Gasteiger partial charge in [-0.25, -0.2) is 14.5 Å². The predicted octanol–water partition coefficient (Wildman–Crippen LogP) is 6.95. The fourth-order valence-corrected chi connectivity index (χ4v) is 9.43. The standard InChI is InChI=1S/C57H66N10O6S/c1-41-50(39-67(63-41)38-43-10-17-48(70-5)18-11-43)49-33-44(12-21-53(49)66-26-22-58-40-66)37-59-36-42-8-13-45(14-9-42)57(69)61-24-28-72-30-32-73-31-29-71-27-23-60-56(68)7-6-25-65(4)47-16-20-52-55(35-47)74-54-34-46(64(2)3)15-19-51(54)62-52/h8-22,26,33-35,39-40,59H,6-7,23-25,27-32,36-38H2,1-5H3,(H-,60,61,68,69)/p+1. The number of nitrogens with one attached hydrogen (secondary N) is 3. The van der Waals surface area contributed by atoms with Crippen LogP contribution in [0.3, 0.4) is 0 Å². The van der Waals surface area contributed by atoms with Crippen molar-refractivity contribution < 1.29 is 28.5 Å². The summed E-state index contributed by atoms with van der Waals surface area (Å²) < 4.78 is 29.4. The van der Waals surface area contributed by atoms with Gasteiger partial charge in [-0.3, -0.25) is 14.3 Å². The first kappa shape index (κ1) is 53.0. The number of ether oxygens (including phenoxy) is 4. The second-order valence-corrected chi connectivity index (χ2v) is 19.3. The summed E-state index contributed by atoms with van der Waals surface area (Å²) in [5.41, 5.74) is 11.1. The molecule has 0 saturated heterocycles. The SMILES string of the molecule is COc1ccc(Cn2cc(-c3cc(CNCc4ccc(C(=O)NCCOCCOCCOCCNC(=O)CCCN(C)c5ccc6nc7ccc(=[N+](C)C)cc-7sc6c5)cc4)ccc3-n3ccnc3)c(C)n2)cc1. The highest BCUT2D eigenvalue weighted by atomic mass is 32.1. The van der Waals surface area contributed by atoms with E-state index in [-0.39, 0.29) is 11.8 Å². The van der Waals surface area contributed by atoms with E-state index in [4.69, 9.17) is 29.0 Å². The molecule has 2 amide bonds. The lowest BCUT2D eigenvalue weighted by Crippen LogP contribution is -2.28. The molecule has 386 valence electrons. The Kier molecular flexibility index (Phi) is 19.1. The van der Waals surface area contributed by atoms with Crippen LogP contribution in [0, 0.1) is 6.92 Å². The molecule has 4 aromatic carbocycles. The summed E-state index contributed by atoms with van der Waals surface area (Å²) in [5.74, 6) is 0.686. The van der Waals surface area contributed by atoms with Crippen LogP contribution in [0.4, 0.5) is 5.69 Å². The average molecular weight is 1020 g/mol. The Balaban J connectivity index is 0.652. The average Bonchev–Trinajstić information content (AvgIpc) is 4.09. The molecule has 1 aliphatic heterocycles. The number of carbonyl (C=O) groups excluding carboxylic acids is 2. The van der Waals surface area contributed by atoms with Gasteiger partial charge in [0.1, 0.15) is 19.8 Å². The Morgan fingerprint density at radius 3 is 2.22 bits per heavy atom. The lowest BCUT2D eigenvalue weighted by Gasteiger charge is -2.19. The summed E-state index contributed by atoms with van der Waals surface area (Å²) >= 11 is 1.75. The van der Waals surface area contributed by atoms with Gasteiger partial charge in [0.25, 0.3) is 5.91 Å². The smallest absolute Gasteiger partial charge is 0.251 e. The van der Waals surface area contributed by atoms with Gasteiger partial charge in [0.05, 0.1) is 91.8 Å². The van der Waals surface area contributed by atoms with Crippen molar-refractivity contribution in [3.05, 3.63) is 161 Å². The van der Waals surface area contributed by atoms with Crippen LogP contribution in [0.1, 0.15) is 45.6 Å². The molecule has 2 aliphatic rings. The molecule has 0 unspecified atom stereocenters. The molecule has 74 heavy (non-hydrogen) atoms. The summed E-state index contributed by atoms with van der Waals surface area (Å²) in [4.78, 5) is 37.8. The number of nitrogens with zero attached hydrogens (tertiary/aromatic N) is 7. The zero-order chi connectivity index (χ0) is 51.7. The van der Waals surface area contributed by atoms with Gasteiger partial charge in [0.2, 0.25) is 11.3 Å². The van der Waals surface area contributed by atoms with Gasteiger partial charge >= 0.3 is 0 Å². The number of imidazole rings is 1. The zero-order valence-electron chi connectivity index (χ0n) is 43.0. The van der Waals surface area contributed by atoms with Crippen LogP contribution in [0.2, 0.25) is 0 Å². The number of aromatic nitrogens is 5. The van der Waals surface area contributed by atoms with Crippen LogP contribution in [-0.4, -0.2) is 124 Å². The molecule has 3 N–H and O–H groups in total. The van der Waals surface area contributed by atoms with Crippen molar-refractivity contribution >= 4 is 39.1 Å². The van der Waals surface area contributed by atoms with Crippen molar-refractivity contribution in [2.45, 2.75) is 39.4 Å².